The van der Waals surface area contributed by atoms with Gasteiger partial charge in [0.05, 0.1) is 0 Å². The molecule has 0 spiro atoms. The van der Waals surface area contributed by atoms with Crippen LogP contribution in [0.4, 0.5) is 0 Å². The third-order valence-corrected chi connectivity index (χ3v) is 9.18. The molecule has 0 aliphatic heterocycles. The van der Waals surface area contributed by atoms with Crippen LogP contribution in [0.2, 0.25) is 0 Å². The molecule has 1 atom stereocenters. The van der Waals surface area contributed by atoms with Crippen LogP contribution in [0.3, 0.4) is 0 Å². The van der Waals surface area contributed by atoms with E-state index in [1.165, 1.54) is 51.4 Å². The molecule has 1 unspecified atom stereocenters. The van der Waals surface area contributed by atoms with Crippen LogP contribution in [0, 0.1) is 0 Å². The number of hydrogen-bond acceptors (Lipinski definition) is 6. The number of unbranched alkanes of at least 4 members (excludes halogenated alkanes) is 16. The zero-order valence-electron chi connectivity index (χ0n) is 35.7. The SMILES string of the molecule is CC/C=C\C/C=C\C/C=C\CCCCCCC(=O)OCC(COC(=O)CCCCCC/C=C\CCCC)OC(=O)CC/C=C\C/C=C\CCCCCCCC. The third-order valence-electron chi connectivity index (χ3n) is 9.18. The maximum absolute atomic E-state index is 12.7. The van der Waals surface area contributed by atoms with Crippen LogP contribution in [0.15, 0.2) is 72.9 Å². The van der Waals surface area contributed by atoms with Crippen molar-refractivity contribution in [2.75, 3.05) is 13.2 Å². The van der Waals surface area contributed by atoms with Gasteiger partial charge >= 0.3 is 17.9 Å². The minimum absolute atomic E-state index is 0.112. The lowest BCUT2D eigenvalue weighted by Gasteiger charge is -2.18. The van der Waals surface area contributed by atoms with E-state index in [1.54, 1.807) is 0 Å². The van der Waals surface area contributed by atoms with Gasteiger partial charge in [-0.25, -0.2) is 0 Å². The average Bonchev–Trinajstić information content (AvgIpc) is 3.18. The maximum Gasteiger partial charge on any atom is 0.306 e. The van der Waals surface area contributed by atoms with Gasteiger partial charge in [0.1, 0.15) is 13.2 Å². The highest BCUT2D eigenvalue weighted by molar-refractivity contribution is 5.71. The summed E-state index contributed by atoms with van der Waals surface area (Å²) in [6.45, 7) is 6.37. The van der Waals surface area contributed by atoms with Gasteiger partial charge in [-0.05, 0) is 89.9 Å². The molecule has 0 aromatic heterocycles. The van der Waals surface area contributed by atoms with Crippen molar-refractivity contribution in [1.82, 2.24) is 0 Å². The van der Waals surface area contributed by atoms with E-state index in [1.807, 2.05) is 6.08 Å². The Bertz CT molecular complexity index is 1070. The molecule has 0 N–H and O–H groups in total. The third kappa shape index (κ3) is 41.8. The number of carbonyl (C=O) groups is 3. The minimum atomic E-state index is -0.816. The minimum Gasteiger partial charge on any atom is -0.462 e. The molecule has 0 rings (SSSR count). The van der Waals surface area contributed by atoms with Gasteiger partial charge in [0.25, 0.3) is 0 Å². The maximum atomic E-state index is 12.7. The molecule has 0 fully saturated rings. The topological polar surface area (TPSA) is 78.9 Å². The highest BCUT2D eigenvalue weighted by Gasteiger charge is 2.19. The normalized spacial score (nSPS) is 12.7. The number of esters is 3. The zero-order valence-corrected chi connectivity index (χ0v) is 35.7. The standard InChI is InChI=1S/C49H82O6/c1-4-7-10-13-16-19-22-24-26-27-30-33-36-39-42-48(51)54-45-46(44-53-47(50)41-38-35-32-29-21-18-15-12-9-6-3)55-49(52)43-40-37-34-31-28-25-23-20-17-14-11-8-5-2/h7,10,15-16,18-19,24-26,28,34,37,46H,4-6,8-9,11-14,17,20-23,27,29-33,35-36,38-45H2,1-3H3/b10-7-,18-15-,19-16-,26-24-,28-25-,37-34-. The van der Waals surface area contributed by atoms with Crippen molar-refractivity contribution in [3.05, 3.63) is 72.9 Å². The van der Waals surface area contributed by atoms with E-state index < -0.39 is 12.1 Å². The first kappa shape index (κ1) is 51.9. The molecule has 55 heavy (non-hydrogen) atoms. The van der Waals surface area contributed by atoms with E-state index in [2.05, 4.69) is 87.6 Å². The Labute approximate surface area is 338 Å². The molecular weight excluding hydrogens is 685 g/mol. The van der Waals surface area contributed by atoms with Crippen molar-refractivity contribution < 1.29 is 28.6 Å². The van der Waals surface area contributed by atoms with Crippen molar-refractivity contribution in [3.8, 4) is 0 Å². The number of ether oxygens (including phenoxy) is 3. The number of rotatable bonds is 39. The highest BCUT2D eigenvalue weighted by Crippen LogP contribution is 2.11. The van der Waals surface area contributed by atoms with Crippen LogP contribution in [0.25, 0.3) is 0 Å². The fraction of sp³-hybridized carbons (Fsp3) is 0.694. The first-order valence-corrected chi connectivity index (χ1v) is 22.4. The summed E-state index contributed by atoms with van der Waals surface area (Å²) in [4.78, 5) is 37.6. The van der Waals surface area contributed by atoms with E-state index in [0.717, 1.165) is 103 Å². The molecule has 0 aliphatic carbocycles. The zero-order chi connectivity index (χ0) is 40.1. The van der Waals surface area contributed by atoms with E-state index in [9.17, 15) is 14.4 Å². The summed E-state index contributed by atoms with van der Waals surface area (Å²) in [7, 11) is 0. The Morgan fingerprint density at radius 1 is 0.382 bits per heavy atom. The molecule has 0 heterocycles. The summed E-state index contributed by atoms with van der Waals surface area (Å²) in [5, 5.41) is 0. The molecule has 6 heteroatoms. The van der Waals surface area contributed by atoms with Gasteiger partial charge in [-0.2, -0.15) is 0 Å². The summed E-state index contributed by atoms with van der Waals surface area (Å²) < 4.78 is 16.6. The second-order valence-electron chi connectivity index (χ2n) is 14.6. The molecule has 0 aromatic rings. The van der Waals surface area contributed by atoms with E-state index in [0.29, 0.717) is 19.3 Å². The molecule has 0 amide bonds. The smallest absolute Gasteiger partial charge is 0.306 e. The van der Waals surface area contributed by atoms with Crippen LogP contribution in [-0.4, -0.2) is 37.2 Å². The van der Waals surface area contributed by atoms with Crippen LogP contribution < -0.4 is 0 Å². The number of carbonyl (C=O) groups excluding carboxylic acids is 3. The van der Waals surface area contributed by atoms with Crippen molar-refractivity contribution in [2.45, 2.75) is 207 Å². The Hall–Kier alpha value is -3.15. The molecular formula is C49H82O6. The fourth-order valence-electron chi connectivity index (χ4n) is 5.78. The van der Waals surface area contributed by atoms with Crippen molar-refractivity contribution >= 4 is 17.9 Å². The van der Waals surface area contributed by atoms with Gasteiger partial charge in [0, 0.05) is 19.3 Å². The van der Waals surface area contributed by atoms with Crippen LogP contribution in [0.1, 0.15) is 201 Å². The Morgan fingerprint density at radius 2 is 0.764 bits per heavy atom. The fourth-order valence-corrected chi connectivity index (χ4v) is 5.78. The van der Waals surface area contributed by atoms with Gasteiger partial charge in [0.2, 0.25) is 0 Å². The first-order valence-electron chi connectivity index (χ1n) is 22.4. The van der Waals surface area contributed by atoms with Gasteiger partial charge in [-0.3, -0.25) is 14.4 Å². The van der Waals surface area contributed by atoms with Gasteiger partial charge in [0.15, 0.2) is 6.10 Å². The average molecular weight is 767 g/mol. The summed E-state index contributed by atoms with van der Waals surface area (Å²) >= 11 is 0. The second-order valence-corrected chi connectivity index (χ2v) is 14.6. The molecule has 6 nitrogen and oxygen atoms in total. The monoisotopic (exact) mass is 767 g/mol. The Kier molecular flexibility index (Phi) is 41.1. The van der Waals surface area contributed by atoms with E-state index in [4.69, 9.17) is 14.2 Å². The van der Waals surface area contributed by atoms with E-state index >= 15 is 0 Å². The number of allylic oxidation sites excluding steroid dienone is 12. The summed E-state index contributed by atoms with van der Waals surface area (Å²) in [6, 6.07) is 0. The van der Waals surface area contributed by atoms with Gasteiger partial charge in [-0.15, -0.1) is 0 Å². The first-order chi connectivity index (χ1) is 27.0. The molecule has 0 saturated heterocycles. The highest BCUT2D eigenvalue weighted by atomic mass is 16.6. The largest absolute Gasteiger partial charge is 0.462 e. The molecule has 314 valence electrons. The lowest BCUT2D eigenvalue weighted by atomic mass is 10.1. The Balaban J connectivity index is 4.51. The van der Waals surface area contributed by atoms with Crippen LogP contribution >= 0.6 is 0 Å². The predicted octanol–water partition coefficient (Wildman–Crippen LogP) is 14.3. The number of hydrogen-bond donors (Lipinski definition) is 0. The molecule has 0 aromatic carbocycles. The van der Waals surface area contributed by atoms with Crippen molar-refractivity contribution in [3.63, 3.8) is 0 Å². The molecule has 0 bridgehead atoms. The molecule has 0 aliphatic rings. The lowest BCUT2D eigenvalue weighted by Crippen LogP contribution is -2.30. The van der Waals surface area contributed by atoms with Gasteiger partial charge < -0.3 is 14.2 Å². The quantitative estimate of drug-likeness (QED) is 0.0268. The molecule has 0 saturated carbocycles. The second kappa shape index (κ2) is 43.6. The van der Waals surface area contributed by atoms with Crippen molar-refractivity contribution in [1.29, 1.82) is 0 Å². The van der Waals surface area contributed by atoms with E-state index in [-0.39, 0.29) is 31.6 Å². The van der Waals surface area contributed by atoms with Crippen LogP contribution in [-0.2, 0) is 28.6 Å². The lowest BCUT2D eigenvalue weighted by molar-refractivity contribution is -0.166. The summed E-state index contributed by atoms with van der Waals surface area (Å²) in [5.41, 5.74) is 0. The Morgan fingerprint density at radius 3 is 1.25 bits per heavy atom. The summed E-state index contributed by atoms with van der Waals surface area (Å²) in [6.07, 6.45) is 53.3. The predicted molar refractivity (Wildman–Crippen MR) is 233 cm³/mol. The van der Waals surface area contributed by atoms with Gasteiger partial charge in [-0.1, -0.05) is 164 Å². The van der Waals surface area contributed by atoms with Crippen molar-refractivity contribution in [2.24, 2.45) is 0 Å². The molecule has 0 radical (unpaired) electrons. The summed E-state index contributed by atoms with van der Waals surface area (Å²) in [5.74, 6) is -1.02. The van der Waals surface area contributed by atoms with Crippen LogP contribution in [0.5, 0.6) is 0 Å².